The second kappa shape index (κ2) is 6.18. The quantitative estimate of drug-likeness (QED) is 0.692. The second-order valence-corrected chi connectivity index (χ2v) is 5.44. The summed E-state index contributed by atoms with van der Waals surface area (Å²) in [5, 5.41) is 0. The molecule has 0 atom stereocenters. The number of Topliss-reactive ketones (excluding diaryl/α,β-unsaturated/α-hetero) is 1. The van der Waals surface area contributed by atoms with Gasteiger partial charge in [0.25, 0.3) is 0 Å². The smallest absolute Gasteiger partial charge is 0.223 e. The minimum atomic E-state index is -0.583. The highest BCUT2D eigenvalue weighted by atomic mass is 16.2. The highest BCUT2D eigenvalue weighted by Gasteiger charge is 2.39. The summed E-state index contributed by atoms with van der Waals surface area (Å²) in [7, 11) is 0. The van der Waals surface area contributed by atoms with Crippen LogP contribution in [-0.2, 0) is 9.59 Å². The predicted octanol–water partition coefficient (Wildman–Crippen LogP) is 2.93. The van der Waals surface area contributed by atoms with Gasteiger partial charge in [-0.2, -0.15) is 0 Å². The largest absolute Gasteiger partial charge is 0.331 e. The van der Waals surface area contributed by atoms with Crippen molar-refractivity contribution in [2.75, 3.05) is 6.54 Å². The molecule has 98 valence electrons. The number of hydrogen-bond donors (Lipinski definition) is 0. The molecule has 3 heteroatoms. The van der Waals surface area contributed by atoms with Crippen molar-refractivity contribution in [2.24, 2.45) is 0 Å². The lowest BCUT2D eigenvalue weighted by Gasteiger charge is -2.41. The zero-order valence-corrected chi connectivity index (χ0v) is 11.4. The third-order valence-electron chi connectivity index (χ3n) is 3.69. The van der Waals surface area contributed by atoms with Gasteiger partial charge in [0.1, 0.15) is 0 Å². The molecule has 0 aromatic heterocycles. The Hall–Kier alpha value is -0.860. The Morgan fingerprint density at radius 3 is 2.65 bits per heavy atom. The van der Waals surface area contributed by atoms with Crippen LogP contribution in [0.2, 0.25) is 0 Å². The standard InChI is InChI=1S/C14H25NO2/c1-4-5-6-7-10-13(17)15-11-8-9-12(16)14(15,2)3/h4-11H2,1-3H3. The molecule has 17 heavy (non-hydrogen) atoms. The monoisotopic (exact) mass is 239 g/mol. The number of rotatable bonds is 5. The first kappa shape index (κ1) is 14.2. The molecule has 0 spiro atoms. The Labute approximate surface area is 105 Å². The van der Waals surface area contributed by atoms with Crippen molar-refractivity contribution in [3.05, 3.63) is 0 Å². The fourth-order valence-electron chi connectivity index (χ4n) is 2.41. The van der Waals surface area contributed by atoms with E-state index in [-0.39, 0.29) is 11.7 Å². The van der Waals surface area contributed by atoms with Gasteiger partial charge < -0.3 is 4.90 Å². The van der Waals surface area contributed by atoms with E-state index in [4.69, 9.17) is 0 Å². The van der Waals surface area contributed by atoms with E-state index in [9.17, 15) is 9.59 Å². The fraction of sp³-hybridized carbons (Fsp3) is 0.857. The van der Waals surface area contributed by atoms with E-state index in [0.717, 1.165) is 25.8 Å². The summed E-state index contributed by atoms with van der Waals surface area (Å²) >= 11 is 0. The van der Waals surface area contributed by atoms with Gasteiger partial charge in [0.15, 0.2) is 5.78 Å². The molecule has 0 aromatic carbocycles. The number of carbonyl (C=O) groups is 2. The summed E-state index contributed by atoms with van der Waals surface area (Å²) in [5.74, 6) is 0.352. The predicted molar refractivity (Wildman–Crippen MR) is 68.8 cm³/mol. The fourth-order valence-corrected chi connectivity index (χ4v) is 2.41. The number of hydrogen-bond acceptors (Lipinski definition) is 2. The Kier molecular flexibility index (Phi) is 5.16. The van der Waals surface area contributed by atoms with Gasteiger partial charge in [0, 0.05) is 19.4 Å². The molecule has 1 saturated heterocycles. The SMILES string of the molecule is CCCCCCC(=O)N1CCCC(=O)C1(C)C. The van der Waals surface area contributed by atoms with Crippen molar-refractivity contribution in [3.63, 3.8) is 0 Å². The van der Waals surface area contributed by atoms with Crippen LogP contribution in [0, 0.1) is 0 Å². The van der Waals surface area contributed by atoms with E-state index in [2.05, 4.69) is 6.92 Å². The van der Waals surface area contributed by atoms with Crippen LogP contribution in [0.1, 0.15) is 65.7 Å². The van der Waals surface area contributed by atoms with Crippen LogP contribution in [0.25, 0.3) is 0 Å². The van der Waals surface area contributed by atoms with E-state index in [1.165, 1.54) is 12.8 Å². The maximum absolute atomic E-state index is 12.1. The minimum absolute atomic E-state index is 0.152. The van der Waals surface area contributed by atoms with Gasteiger partial charge in [-0.15, -0.1) is 0 Å². The third kappa shape index (κ3) is 3.55. The number of piperidine rings is 1. The van der Waals surface area contributed by atoms with Crippen LogP contribution >= 0.6 is 0 Å². The van der Waals surface area contributed by atoms with Gasteiger partial charge in [0.05, 0.1) is 5.54 Å². The number of carbonyl (C=O) groups excluding carboxylic acids is 2. The topological polar surface area (TPSA) is 37.4 Å². The molecule has 0 bridgehead atoms. The van der Waals surface area contributed by atoms with E-state index < -0.39 is 5.54 Å². The average molecular weight is 239 g/mol. The first-order valence-electron chi connectivity index (χ1n) is 6.84. The van der Waals surface area contributed by atoms with Crippen LogP contribution in [0.15, 0.2) is 0 Å². The molecule has 0 aliphatic carbocycles. The van der Waals surface area contributed by atoms with Crippen molar-refractivity contribution in [2.45, 2.75) is 71.3 Å². The zero-order valence-electron chi connectivity index (χ0n) is 11.4. The molecule has 1 amide bonds. The zero-order chi connectivity index (χ0) is 12.9. The molecule has 1 aliphatic heterocycles. The lowest BCUT2D eigenvalue weighted by molar-refractivity contribution is -0.148. The highest BCUT2D eigenvalue weighted by molar-refractivity contribution is 5.93. The first-order chi connectivity index (χ1) is 8.00. The van der Waals surface area contributed by atoms with Gasteiger partial charge in [-0.05, 0) is 26.7 Å². The van der Waals surface area contributed by atoms with Crippen LogP contribution in [0.3, 0.4) is 0 Å². The maximum Gasteiger partial charge on any atom is 0.223 e. The molecular formula is C14H25NO2. The Morgan fingerprint density at radius 1 is 1.29 bits per heavy atom. The van der Waals surface area contributed by atoms with Gasteiger partial charge in [0.2, 0.25) is 5.91 Å². The average Bonchev–Trinajstić information content (AvgIpc) is 2.28. The van der Waals surface area contributed by atoms with Crippen LogP contribution in [0.4, 0.5) is 0 Å². The number of amides is 1. The summed E-state index contributed by atoms with van der Waals surface area (Å²) in [6, 6.07) is 0. The first-order valence-corrected chi connectivity index (χ1v) is 6.84. The number of likely N-dealkylation sites (tertiary alicyclic amines) is 1. The summed E-state index contributed by atoms with van der Waals surface area (Å²) in [6.07, 6.45) is 6.47. The molecule has 0 radical (unpaired) electrons. The lowest BCUT2D eigenvalue weighted by Crippen LogP contribution is -2.56. The second-order valence-electron chi connectivity index (χ2n) is 5.44. The Morgan fingerprint density at radius 2 is 2.00 bits per heavy atom. The van der Waals surface area contributed by atoms with E-state index in [1.54, 1.807) is 4.90 Å². The van der Waals surface area contributed by atoms with Crippen molar-refractivity contribution in [1.82, 2.24) is 4.90 Å². The van der Waals surface area contributed by atoms with Crippen molar-refractivity contribution in [1.29, 1.82) is 0 Å². The maximum atomic E-state index is 12.1. The summed E-state index contributed by atoms with van der Waals surface area (Å²) in [6.45, 7) is 6.65. The third-order valence-corrected chi connectivity index (χ3v) is 3.69. The number of ketones is 1. The molecule has 3 nitrogen and oxygen atoms in total. The lowest BCUT2D eigenvalue weighted by atomic mass is 9.88. The Balaban J connectivity index is 2.47. The van der Waals surface area contributed by atoms with Crippen molar-refractivity contribution < 1.29 is 9.59 Å². The van der Waals surface area contributed by atoms with E-state index in [1.807, 2.05) is 13.8 Å². The van der Waals surface area contributed by atoms with Gasteiger partial charge in [-0.25, -0.2) is 0 Å². The number of unbranched alkanes of at least 4 members (excludes halogenated alkanes) is 3. The molecule has 0 aromatic rings. The van der Waals surface area contributed by atoms with E-state index >= 15 is 0 Å². The van der Waals surface area contributed by atoms with Crippen molar-refractivity contribution >= 4 is 11.7 Å². The molecule has 0 saturated carbocycles. The van der Waals surface area contributed by atoms with E-state index in [0.29, 0.717) is 12.8 Å². The number of nitrogens with zero attached hydrogens (tertiary/aromatic N) is 1. The molecular weight excluding hydrogens is 214 g/mol. The van der Waals surface area contributed by atoms with Gasteiger partial charge >= 0.3 is 0 Å². The molecule has 0 N–H and O–H groups in total. The molecule has 1 rings (SSSR count). The molecule has 1 heterocycles. The van der Waals surface area contributed by atoms with Crippen LogP contribution < -0.4 is 0 Å². The van der Waals surface area contributed by atoms with Gasteiger partial charge in [-0.1, -0.05) is 26.2 Å². The van der Waals surface area contributed by atoms with Crippen molar-refractivity contribution in [3.8, 4) is 0 Å². The normalized spacial score (nSPS) is 19.5. The molecule has 1 aliphatic rings. The molecule has 1 fully saturated rings. The highest BCUT2D eigenvalue weighted by Crippen LogP contribution is 2.25. The van der Waals surface area contributed by atoms with Crippen LogP contribution in [-0.4, -0.2) is 28.7 Å². The summed E-state index contributed by atoms with van der Waals surface area (Å²) in [5.41, 5.74) is -0.583. The van der Waals surface area contributed by atoms with Crippen LogP contribution in [0.5, 0.6) is 0 Å². The molecule has 0 unspecified atom stereocenters. The summed E-state index contributed by atoms with van der Waals surface area (Å²) < 4.78 is 0. The van der Waals surface area contributed by atoms with Gasteiger partial charge in [-0.3, -0.25) is 9.59 Å². The minimum Gasteiger partial charge on any atom is -0.331 e. The Bertz CT molecular complexity index is 284. The summed E-state index contributed by atoms with van der Waals surface area (Å²) in [4.78, 5) is 25.7.